The van der Waals surface area contributed by atoms with Gasteiger partial charge in [0, 0.05) is 6.42 Å². The highest BCUT2D eigenvalue weighted by atomic mass is 16.7. The molecule has 1 aliphatic rings. The fourth-order valence-corrected chi connectivity index (χ4v) is 6.99. The fourth-order valence-electron chi connectivity index (χ4n) is 6.99. The van der Waals surface area contributed by atoms with Gasteiger partial charge < -0.3 is 40.3 Å². The number of nitrogens with one attached hydrogen (secondary N) is 1. The Labute approximate surface area is 395 Å². The number of hydrogen-bond donors (Lipinski definition) is 6. The van der Waals surface area contributed by atoms with Crippen molar-refractivity contribution < 1.29 is 39.8 Å². The summed E-state index contributed by atoms with van der Waals surface area (Å²) in [5.74, 6) is -0.210. The maximum atomic E-state index is 13.0. The zero-order chi connectivity index (χ0) is 47.3. The van der Waals surface area contributed by atoms with Gasteiger partial charge in [-0.2, -0.15) is 0 Å². The van der Waals surface area contributed by atoms with Gasteiger partial charge in [-0.3, -0.25) is 4.79 Å². The van der Waals surface area contributed by atoms with E-state index in [0.29, 0.717) is 6.42 Å². The van der Waals surface area contributed by atoms with E-state index in [9.17, 15) is 30.3 Å². The van der Waals surface area contributed by atoms with Crippen LogP contribution in [0.1, 0.15) is 168 Å². The van der Waals surface area contributed by atoms with Gasteiger partial charge in [-0.15, -0.1) is 0 Å². The van der Waals surface area contributed by atoms with Crippen molar-refractivity contribution in [3.8, 4) is 0 Å². The third-order valence-electron chi connectivity index (χ3n) is 11.0. The summed E-state index contributed by atoms with van der Waals surface area (Å²) in [4.78, 5) is 13.0. The lowest BCUT2D eigenvalue weighted by Gasteiger charge is -2.40. The van der Waals surface area contributed by atoms with Gasteiger partial charge in [0.2, 0.25) is 5.91 Å². The number of unbranched alkanes of at least 4 members (excludes halogenated alkanes) is 12. The predicted octanol–water partition coefficient (Wildman–Crippen LogP) is 11.6. The summed E-state index contributed by atoms with van der Waals surface area (Å²) in [5, 5.41) is 54.2. The molecular formula is C56H91NO8. The van der Waals surface area contributed by atoms with Crippen molar-refractivity contribution >= 4 is 5.91 Å². The Kier molecular flexibility index (Phi) is 40.7. The summed E-state index contributed by atoms with van der Waals surface area (Å²) in [6.45, 7) is 3.57. The number of hydrogen-bond acceptors (Lipinski definition) is 8. The molecule has 6 N–H and O–H groups in total. The number of amides is 1. The average molecular weight is 906 g/mol. The Morgan fingerprint density at radius 1 is 0.538 bits per heavy atom. The highest BCUT2D eigenvalue weighted by Gasteiger charge is 2.44. The molecule has 1 fully saturated rings. The molecule has 0 aromatic heterocycles. The molecule has 0 spiro atoms. The van der Waals surface area contributed by atoms with Crippen LogP contribution in [0.5, 0.6) is 0 Å². The van der Waals surface area contributed by atoms with E-state index >= 15 is 0 Å². The van der Waals surface area contributed by atoms with Crippen LogP contribution in [0.15, 0.2) is 122 Å². The predicted molar refractivity (Wildman–Crippen MR) is 271 cm³/mol. The van der Waals surface area contributed by atoms with Gasteiger partial charge in [-0.25, -0.2) is 0 Å². The number of aliphatic hydroxyl groups is 5. The van der Waals surface area contributed by atoms with Gasteiger partial charge >= 0.3 is 0 Å². The first-order valence-corrected chi connectivity index (χ1v) is 25.3. The monoisotopic (exact) mass is 906 g/mol. The Hall–Kier alpha value is -3.41. The molecule has 1 saturated heterocycles. The second kappa shape index (κ2) is 44.4. The Balaban J connectivity index is 2.29. The van der Waals surface area contributed by atoms with E-state index in [1.54, 1.807) is 6.08 Å². The van der Waals surface area contributed by atoms with E-state index in [2.05, 4.69) is 129 Å². The first-order chi connectivity index (χ1) is 31.8. The van der Waals surface area contributed by atoms with Crippen molar-refractivity contribution in [2.24, 2.45) is 0 Å². The van der Waals surface area contributed by atoms with E-state index in [-0.39, 0.29) is 12.5 Å². The molecule has 1 amide bonds. The van der Waals surface area contributed by atoms with Crippen molar-refractivity contribution in [1.29, 1.82) is 0 Å². The highest BCUT2D eigenvalue weighted by Crippen LogP contribution is 2.22. The van der Waals surface area contributed by atoms with Gasteiger partial charge in [0.15, 0.2) is 6.29 Å². The lowest BCUT2D eigenvalue weighted by molar-refractivity contribution is -0.302. The number of carbonyl (C=O) groups excluding carboxylic acids is 1. The lowest BCUT2D eigenvalue weighted by atomic mass is 9.99. The minimum Gasteiger partial charge on any atom is -0.394 e. The average Bonchev–Trinajstić information content (AvgIpc) is 3.31. The smallest absolute Gasteiger partial charge is 0.220 e. The number of allylic oxidation sites excluding steroid dienone is 19. The summed E-state index contributed by atoms with van der Waals surface area (Å²) >= 11 is 0. The number of carbonyl (C=O) groups is 1. The van der Waals surface area contributed by atoms with Crippen LogP contribution < -0.4 is 5.32 Å². The number of ether oxygens (including phenoxy) is 2. The molecule has 0 bridgehead atoms. The quantitative estimate of drug-likeness (QED) is 0.0263. The summed E-state index contributed by atoms with van der Waals surface area (Å²) < 4.78 is 11.2. The molecule has 0 aromatic rings. The molecule has 1 aliphatic heterocycles. The van der Waals surface area contributed by atoms with Crippen LogP contribution in [0, 0.1) is 0 Å². The number of rotatable bonds is 40. The molecule has 1 heterocycles. The van der Waals surface area contributed by atoms with Crippen LogP contribution in [0.2, 0.25) is 0 Å². The van der Waals surface area contributed by atoms with Gasteiger partial charge in [0.25, 0.3) is 0 Å². The second-order valence-electron chi connectivity index (χ2n) is 16.9. The van der Waals surface area contributed by atoms with Crippen molar-refractivity contribution in [3.05, 3.63) is 122 Å². The third kappa shape index (κ3) is 34.5. The van der Waals surface area contributed by atoms with Gasteiger partial charge in [0.05, 0.1) is 25.4 Å². The maximum Gasteiger partial charge on any atom is 0.220 e. The van der Waals surface area contributed by atoms with Crippen molar-refractivity contribution in [2.75, 3.05) is 13.2 Å². The molecule has 1 rings (SSSR count). The summed E-state index contributed by atoms with van der Waals surface area (Å²) in [5.41, 5.74) is 0. The van der Waals surface area contributed by atoms with E-state index in [4.69, 9.17) is 9.47 Å². The Morgan fingerprint density at radius 3 is 1.48 bits per heavy atom. The van der Waals surface area contributed by atoms with Crippen LogP contribution in [0.3, 0.4) is 0 Å². The van der Waals surface area contributed by atoms with Gasteiger partial charge in [-0.05, 0) is 103 Å². The van der Waals surface area contributed by atoms with Crippen molar-refractivity contribution in [2.45, 2.75) is 211 Å². The molecule has 0 radical (unpaired) electrons. The van der Waals surface area contributed by atoms with E-state index < -0.39 is 49.5 Å². The van der Waals surface area contributed by atoms with Crippen LogP contribution in [0.4, 0.5) is 0 Å². The van der Waals surface area contributed by atoms with Crippen LogP contribution in [-0.4, -0.2) is 87.5 Å². The van der Waals surface area contributed by atoms with Crippen LogP contribution in [-0.2, 0) is 14.3 Å². The molecule has 7 unspecified atom stereocenters. The topological polar surface area (TPSA) is 149 Å². The summed E-state index contributed by atoms with van der Waals surface area (Å²) in [6, 6.07) is -0.842. The van der Waals surface area contributed by atoms with Crippen LogP contribution in [0.25, 0.3) is 0 Å². The molecule has 0 saturated carbocycles. The van der Waals surface area contributed by atoms with Crippen LogP contribution >= 0.6 is 0 Å². The molecule has 368 valence electrons. The third-order valence-corrected chi connectivity index (χ3v) is 11.0. The zero-order valence-electron chi connectivity index (χ0n) is 40.4. The zero-order valence-corrected chi connectivity index (χ0v) is 40.4. The molecule has 0 aliphatic carbocycles. The molecule has 0 aromatic carbocycles. The SMILES string of the molecule is CC/C=C\C/C=C\C/C=C\C/C=C\C/C=C\C/C=C\C/C=C\CCCCCCCCCC(=O)NC(COC1OC(CO)C(O)C(O)C1O)C(O)/C=C/CC/C=C/CC/C=C/CCCCC. The fraction of sp³-hybridized carbons (Fsp3) is 0.625. The van der Waals surface area contributed by atoms with Crippen molar-refractivity contribution in [3.63, 3.8) is 0 Å². The minimum absolute atomic E-state index is 0.210. The molecular weight excluding hydrogens is 815 g/mol. The standard InChI is InChI=1S/C56H91NO8/c1-3-5-7-9-11-13-15-17-18-19-20-21-22-23-24-25-26-27-28-29-30-31-32-34-36-38-40-42-44-46-52(60)57-49(48-64-56-55(63)54(62)53(61)51(47-58)65-56)50(59)45-43-41-39-37-35-33-16-14-12-10-8-6-4-2/h5,7,11-14,17-18,20-21,23-24,26-27,29-30,35,37,43,45,49-51,53-56,58-59,61-63H,3-4,6,8-10,15-16,19,22,25,28,31-34,36,38-42,44,46-48H2,1-2H3,(H,57,60)/b7-5-,13-11-,14-12+,18-17-,21-20-,24-23-,27-26-,30-29-,37-35+,45-43+. The van der Waals surface area contributed by atoms with Crippen molar-refractivity contribution in [1.82, 2.24) is 5.32 Å². The normalized spacial score (nSPS) is 21.0. The maximum absolute atomic E-state index is 13.0. The number of aliphatic hydroxyl groups excluding tert-OH is 5. The van der Waals surface area contributed by atoms with E-state index in [1.165, 1.54) is 38.5 Å². The lowest BCUT2D eigenvalue weighted by Crippen LogP contribution is -2.60. The van der Waals surface area contributed by atoms with E-state index in [1.807, 2.05) is 6.08 Å². The second-order valence-corrected chi connectivity index (χ2v) is 16.9. The Morgan fingerprint density at radius 2 is 0.969 bits per heavy atom. The largest absolute Gasteiger partial charge is 0.394 e. The Bertz CT molecular complexity index is 1420. The van der Waals surface area contributed by atoms with E-state index in [0.717, 1.165) is 109 Å². The minimum atomic E-state index is -1.58. The summed E-state index contributed by atoms with van der Waals surface area (Å²) in [6.07, 6.45) is 59.6. The van der Waals surface area contributed by atoms with Gasteiger partial charge in [0.1, 0.15) is 24.4 Å². The highest BCUT2D eigenvalue weighted by molar-refractivity contribution is 5.76. The molecule has 9 heteroatoms. The van der Waals surface area contributed by atoms with Gasteiger partial charge in [-0.1, -0.05) is 180 Å². The molecule has 9 nitrogen and oxygen atoms in total. The molecule has 65 heavy (non-hydrogen) atoms. The first-order valence-electron chi connectivity index (χ1n) is 25.3. The first kappa shape index (κ1) is 59.6. The summed E-state index contributed by atoms with van der Waals surface area (Å²) in [7, 11) is 0. The molecule has 7 atom stereocenters.